The second kappa shape index (κ2) is 5.63. The van der Waals surface area contributed by atoms with Gasteiger partial charge in [0.2, 0.25) is 0 Å². The number of nitro groups is 1. The van der Waals surface area contributed by atoms with Crippen LogP contribution in [0.1, 0.15) is 16.8 Å². The average Bonchev–Trinajstić information content (AvgIpc) is 2.34. The number of benzene rings is 1. The molecule has 0 aliphatic heterocycles. The van der Waals surface area contributed by atoms with E-state index in [1.54, 1.807) is 0 Å². The summed E-state index contributed by atoms with van der Waals surface area (Å²) in [6.07, 6.45) is 0.165. The van der Waals surface area contributed by atoms with Crippen LogP contribution in [0.5, 0.6) is 0 Å². The van der Waals surface area contributed by atoms with Crippen LogP contribution in [0, 0.1) is 21.4 Å². The maximum absolute atomic E-state index is 12.0. The minimum Gasteiger partial charge on any atom is -0.399 e. The molecule has 0 saturated heterocycles. The zero-order valence-corrected chi connectivity index (χ0v) is 9.79. The molecule has 0 spiro atoms. The SMILES string of the molecule is CN(CCC#N)C(=O)c1cc(N)ccc1[N+](=O)[O-]. The van der Waals surface area contributed by atoms with E-state index in [9.17, 15) is 14.9 Å². The molecule has 0 aromatic heterocycles. The van der Waals surface area contributed by atoms with Crippen LogP contribution in [0.3, 0.4) is 0 Å². The van der Waals surface area contributed by atoms with Gasteiger partial charge in [0, 0.05) is 25.3 Å². The van der Waals surface area contributed by atoms with Crippen molar-refractivity contribution >= 4 is 17.3 Å². The summed E-state index contributed by atoms with van der Waals surface area (Å²) in [5, 5.41) is 19.3. The Bertz CT molecular complexity index is 522. The Morgan fingerprint density at radius 1 is 1.61 bits per heavy atom. The van der Waals surface area contributed by atoms with E-state index in [-0.39, 0.29) is 29.9 Å². The number of nitrogen functional groups attached to an aromatic ring is 1. The molecule has 0 unspecified atom stereocenters. The molecule has 0 atom stereocenters. The molecule has 1 aromatic carbocycles. The molecule has 94 valence electrons. The van der Waals surface area contributed by atoms with Crippen LogP contribution in [0.25, 0.3) is 0 Å². The Morgan fingerprint density at radius 2 is 2.28 bits per heavy atom. The van der Waals surface area contributed by atoms with Crippen LogP contribution in [0.4, 0.5) is 11.4 Å². The van der Waals surface area contributed by atoms with Gasteiger partial charge < -0.3 is 10.6 Å². The molecule has 2 N–H and O–H groups in total. The predicted octanol–water partition coefficient (Wildman–Crippen LogP) is 1.16. The topological polar surface area (TPSA) is 113 Å². The molecule has 7 nitrogen and oxygen atoms in total. The fraction of sp³-hybridized carbons (Fsp3) is 0.273. The lowest BCUT2D eigenvalue weighted by molar-refractivity contribution is -0.385. The lowest BCUT2D eigenvalue weighted by Gasteiger charge is -2.15. The highest BCUT2D eigenvalue weighted by molar-refractivity contribution is 5.98. The number of anilines is 1. The molecular weight excluding hydrogens is 236 g/mol. The summed E-state index contributed by atoms with van der Waals surface area (Å²) < 4.78 is 0. The Kier molecular flexibility index (Phi) is 4.21. The predicted molar refractivity (Wildman–Crippen MR) is 64.7 cm³/mol. The van der Waals surface area contributed by atoms with Crippen molar-refractivity contribution < 1.29 is 9.72 Å². The van der Waals surface area contributed by atoms with E-state index < -0.39 is 10.8 Å². The van der Waals surface area contributed by atoms with E-state index in [0.29, 0.717) is 0 Å². The third-order valence-electron chi connectivity index (χ3n) is 2.35. The molecule has 0 fully saturated rings. The van der Waals surface area contributed by atoms with E-state index in [4.69, 9.17) is 11.0 Å². The highest BCUT2D eigenvalue weighted by Gasteiger charge is 2.22. The van der Waals surface area contributed by atoms with E-state index in [2.05, 4.69) is 0 Å². The van der Waals surface area contributed by atoms with Crippen LogP contribution >= 0.6 is 0 Å². The van der Waals surface area contributed by atoms with Crippen molar-refractivity contribution in [3.05, 3.63) is 33.9 Å². The highest BCUT2D eigenvalue weighted by Crippen LogP contribution is 2.22. The number of nitro benzene ring substituents is 1. The standard InChI is InChI=1S/C11H12N4O3/c1-14(6-2-5-12)11(16)9-7-8(13)3-4-10(9)15(17)18/h3-4,7H,2,6,13H2,1H3. The van der Waals surface area contributed by atoms with Crippen molar-refractivity contribution in [1.29, 1.82) is 5.26 Å². The number of hydrogen-bond donors (Lipinski definition) is 1. The van der Waals surface area contributed by atoms with Gasteiger partial charge >= 0.3 is 0 Å². The minimum absolute atomic E-state index is 0.0690. The number of nitrogens with two attached hydrogens (primary N) is 1. The molecule has 0 bridgehead atoms. The molecule has 1 rings (SSSR count). The number of nitriles is 1. The molecule has 0 radical (unpaired) electrons. The Labute approximate surface area is 104 Å². The van der Waals surface area contributed by atoms with Gasteiger partial charge in [0.1, 0.15) is 5.56 Å². The number of amides is 1. The second-order valence-electron chi connectivity index (χ2n) is 3.67. The first-order valence-corrected chi connectivity index (χ1v) is 5.13. The van der Waals surface area contributed by atoms with Crippen LogP contribution in [0.2, 0.25) is 0 Å². The van der Waals surface area contributed by atoms with E-state index >= 15 is 0 Å². The molecule has 0 aliphatic rings. The van der Waals surface area contributed by atoms with Crippen molar-refractivity contribution in [2.75, 3.05) is 19.3 Å². The van der Waals surface area contributed by atoms with E-state index in [1.807, 2.05) is 6.07 Å². The van der Waals surface area contributed by atoms with Gasteiger partial charge in [0.15, 0.2) is 0 Å². The third-order valence-corrected chi connectivity index (χ3v) is 2.35. The first-order chi connectivity index (χ1) is 8.47. The van der Waals surface area contributed by atoms with Crippen LogP contribution in [0.15, 0.2) is 18.2 Å². The monoisotopic (exact) mass is 248 g/mol. The summed E-state index contributed by atoms with van der Waals surface area (Å²) in [7, 11) is 1.48. The van der Waals surface area contributed by atoms with Crippen molar-refractivity contribution in [3.63, 3.8) is 0 Å². The zero-order chi connectivity index (χ0) is 13.7. The van der Waals surface area contributed by atoms with Crippen molar-refractivity contribution in [3.8, 4) is 6.07 Å². The van der Waals surface area contributed by atoms with Gasteiger partial charge in [-0.3, -0.25) is 14.9 Å². The fourth-order valence-electron chi connectivity index (χ4n) is 1.41. The number of nitrogens with zero attached hydrogens (tertiary/aromatic N) is 3. The second-order valence-corrected chi connectivity index (χ2v) is 3.67. The summed E-state index contributed by atoms with van der Waals surface area (Å²) in [5.74, 6) is -0.524. The van der Waals surface area contributed by atoms with Gasteiger partial charge in [-0.2, -0.15) is 5.26 Å². The summed E-state index contributed by atoms with van der Waals surface area (Å²) in [5.41, 5.74) is 5.43. The Balaban J connectivity index is 3.08. The number of carbonyl (C=O) groups excluding carboxylic acids is 1. The van der Waals surface area contributed by atoms with Gasteiger partial charge in [-0.15, -0.1) is 0 Å². The smallest absolute Gasteiger partial charge is 0.282 e. The number of carbonyl (C=O) groups is 1. The maximum atomic E-state index is 12.0. The van der Waals surface area contributed by atoms with Gasteiger partial charge in [-0.05, 0) is 12.1 Å². The van der Waals surface area contributed by atoms with E-state index in [0.717, 1.165) is 0 Å². The first-order valence-electron chi connectivity index (χ1n) is 5.13. The molecule has 1 amide bonds. The van der Waals surface area contributed by atoms with Crippen molar-refractivity contribution in [2.45, 2.75) is 6.42 Å². The van der Waals surface area contributed by atoms with Gasteiger partial charge in [0.05, 0.1) is 17.4 Å². The van der Waals surface area contributed by atoms with E-state index in [1.165, 1.54) is 30.1 Å². The highest BCUT2D eigenvalue weighted by atomic mass is 16.6. The summed E-state index contributed by atoms with van der Waals surface area (Å²) in [6.45, 7) is 0.210. The largest absolute Gasteiger partial charge is 0.399 e. The van der Waals surface area contributed by atoms with Crippen molar-refractivity contribution in [1.82, 2.24) is 4.90 Å². The van der Waals surface area contributed by atoms with Crippen molar-refractivity contribution in [2.24, 2.45) is 0 Å². The normalized spacial score (nSPS) is 9.56. The van der Waals surface area contributed by atoms with Crippen LogP contribution in [-0.4, -0.2) is 29.3 Å². The molecule has 18 heavy (non-hydrogen) atoms. The zero-order valence-electron chi connectivity index (χ0n) is 9.79. The van der Waals surface area contributed by atoms with Crippen LogP contribution < -0.4 is 5.73 Å². The van der Waals surface area contributed by atoms with Crippen LogP contribution in [-0.2, 0) is 0 Å². The molecule has 7 heteroatoms. The Morgan fingerprint density at radius 3 is 2.83 bits per heavy atom. The van der Waals surface area contributed by atoms with Gasteiger partial charge in [-0.1, -0.05) is 0 Å². The lowest BCUT2D eigenvalue weighted by atomic mass is 10.1. The van der Waals surface area contributed by atoms with Gasteiger partial charge in [0.25, 0.3) is 11.6 Å². The molecule has 0 saturated carbocycles. The lowest BCUT2D eigenvalue weighted by Crippen LogP contribution is -2.28. The average molecular weight is 248 g/mol. The summed E-state index contributed by atoms with van der Waals surface area (Å²) in [4.78, 5) is 23.4. The Hall–Kier alpha value is -2.62. The fourth-order valence-corrected chi connectivity index (χ4v) is 1.41. The number of hydrogen-bond acceptors (Lipinski definition) is 5. The summed E-state index contributed by atoms with van der Waals surface area (Å²) in [6, 6.07) is 5.73. The summed E-state index contributed by atoms with van der Waals surface area (Å²) >= 11 is 0. The quantitative estimate of drug-likeness (QED) is 0.488. The van der Waals surface area contributed by atoms with Gasteiger partial charge in [-0.25, -0.2) is 0 Å². The molecule has 0 heterocycles. The number of rotatable bonds is 4. The molecule has 1 aromatic rings. The maximum Gasteiger partial charge on any atom is 0.282 e. The molecule has 0 aliphatic carbocycles. The minimum atomic E-state index is -0.634. The molecular formula is C11H12N4O3. The first kappa shape index (κ1) is 13.4. The third kappa shape index (κ3) is 2.95.